The molecule has 2 aromatic carbocycles. The maximum atomic E-state index is 13.2. The largest absolute Gasteiger partial charge is 0.329 e. The molecular formula is C20H21N5O. The number of hydrogen-bond acceptors (Lipinski definition) is 4. The van der Waals surface area contributed by atoms with E-state index in [0.717, 1.165) is 25.3 Å². The molecule has 2 heterocycles. The number of carbonyl (C=O) groups is 1. The number of nitrogens with zero attached hydrogens (tertiary/aromatic N) is 5. The molecule has 1 aliphatic rings. The predicted molar refractivity (Wildman–Crippen MR) is 99.1 cm³/mol. The van der Waals surface area contributed by atoms with Crippen molar-refractivity contribution in [1.82, 2.24) is 24.6 Å². The van der Waals surface area contributed by atoms with E-state index in [1.165, 1.54) is 11.9 Å². The third-order valence-electron chi connectivity index (χ3n) is 4.83. The molecule has 26 heavy (non-hydrogen) atoms. The Balaban J connectivity index is 1.59. The highest BCUT2D eigenvalue weighted by molar-refractivity contribution is 5.94. The molecule has 1 aromatic heterocycles. The Morgan fingerprint density at radius 3 is 2.50 bits per heavy atom. The number of carbonyl (C=O) groups excluding carboxylic acids is 1. The van der Waals surface area contributed by atoms with Crippen LogP contribution in [0.25, 0.3) is 5.69 Å². The Kier molecular flexibility index (Phi) is 4.50. The second kappa shape index (κ2) is 7.09. The summed E-state index contributed by atoms with van der Waals surface area (Å²) in [5.41, 5.74) is 2.75. The van der Waals surface area contributed by atoms with E-state index in [4.69, 9.17) is 0 Å². The van der Waals surface area contributed by atoms with Gasteiger partial charge in [0.05, 0.1) is 11.7 Å². The van der Waals surface area contributed by atoms with Gasteiger partial charge in [-0.2, -0.15) is 5.10 Å². The molecule has 0 spiro atoms. The van der Waals surface area contributed by atoms with E-state index in [9.17, 15) is 4.79 Å². The van der Waals surface area contributed by atoms with Gasteiger partial charge >= 0.3 is 0 Å². The highest BCUT2D eigenvalue weighted by Gasteiger charge is 2.30. The molecule has 0 unspecified atom stereocenters. The topological polar surface area (TPSA) is 54.3 Å². The summed E-state index contributed by atoms with van der Waals surface area (Å²) < 4.78 is 1.68. The first-order chi connectivity index (χ1) is 12.7. The van der Waals surface area contributed by atoms with Crippen LogP contribution in [-0.2, 0) is 0 Å². The molecule has 6 nitrogen and oxygen atoms in total. The third-order valence-corrected chi connectivity index (χ3v) is 4.83. The summed E-state index contributed by atoms with van der Waals surface area (Å²) in [5.74, 6) is 0.0668. The van der Waals surface area contributed by atoms with Crippen molar-refractivity contribution in [2.45, 2.75) is 6.04 Å². The summed E-state index contributed by atoms with van der Waals surface area (Å²) in [6.07, 6.45) is 3.14. The second-order valence-electron chi connectivity index (χ2n) is 6.57. The lowest BCUT2D eigenvalue weighted by Crippen LogP contribution is -2.49. The van der Waals surface area contributed by atoms with Crippen LogP contribution in [0.3, 0.4) is 0 Å². The lowest BCUT2D eigenvalue weighted by Gasteiger charge is -2.40. The average Bonchev–Trinajstić information content (AvgIpc) is 3.23. The van der Waals surface area contributed by atoms with Gasteiger partial charge in [0.15, 0.2) is 0 Å². The van der Waals surface area contributed by atoms with Crippen LogP contribution in [0.4, 0.5) is 0 Å². The van der Waals surface area contributed by atoms with Gasteiger partial charge in [-0.05, 0) is 36.9 Å². The highest BCUT2D eigenvalue weighted by atomic mass is 16.2. The Morgan fingerprint density at radius 2 is 1.81 bits per heavy atom. The van der Waals surface area contributed by atoms with Crippen molar-refractivity contribution in [3.8, 4) is 5.69 Å². The van der Waals surface area contributed by atoms with Gasteiger partial charge in [-0.3, -0.25) is 4.79 Å². The van der Waals surface area contributed by atoms with Crippen LogP contribution in [-0.4, -0.2) is 57.2 Å². The van der Waals surface area contributed by atoms with Gasteiger partial charge in [0.2, 0.25) is 0 Å². The molecule has 1 fully saturated rings. The number of piperazine rings is 1. The first-order valence-electron chi connectivity index (χ1n) is 8.72. The molecule has 6 heteroatoms. The van der Waals surface area contributed by atoms with Crippen molar-refractivity contribution in [3.63, 3.8) is 0 Å². The molecule has 0 N–H and O–H groups in total. The van der Waals surface area contributed by atoms with Crippen LogP contribution < -0.4 is 0 Å². The van der Waals surface area contributed by atoms with E-state index in [1.54, 1.807) is 11.0 Å². The molecule has 1 aliphatic heterocycles. The lowest BCUT2D eigenvalue weighted by atomic mass is 10.0. The maximum absolute atomic E-state index is 13.2. The molecule has 0 radical (unpaired) electrons. The summed E-state index contributed by atoms with van der Waals surface area (Å²) in [4.78, 5) is 21.4. The fourth-order valence-corrected chi connectivity index (χ4v) is 3.39. The minimum absolute atomic E-state index is 0.0668. The highest BCUT2D eigenvalue weighted by Crippen LogP contribution is 2.26. The summed E-state index contributed by atoms with van der Waals surface area (Å²) in [7, 11) is 2.10. The quantitative estimate of drug-likeness (QED) is 0.730. The normalized spacial score (nSPS) is 18.0. The molecule has 3 aromatic rings. The molecule has 132 valence electrons. The van der Waals surface area contributed by atoms with Gasteiger partial charge in [0.25, 0.3) is 5.91 Å². The third kappa shape index (κ3) is 3.23. The van der Waals surface area contributed by atoms with Crippen molar-refractivity contribution in [1.29, 1.82) is 0 Å². The summed E-state index contributed by atoms with van der Waals surface area (Å²) in [6.45, 7) is 2.44. The van der Waals surface area contributed by atoms with Crippen LogP contribution in [0, 0.1) is 0 Å². The Bertz CT molecular complexity index is 861. The van der Waals surface area contributed by atoms with Crippen molar-refractivity contribution >= 4 is 5.91 Å². The average molecular weight is 347 g/mol. The maximum Gasteiger partial charge on any atom is 0.254 e. The van der Waals surface area contributed by atoms with Gasteiger partial charge in [0.1, 0.15) is 12.7 Å². The number of hydrogen-bond donors (Lipinski definition) is 0. The molecule has 0 aliphatic carbocycles. The molecule has 1 amide bonds. The Hall–Kier alpha value is -2.99. The molecule has 0 bridgehead atoms. The summed E-state index contributed by atoms with van der Waals surface area (Å²) in [5, 5.41) is 4.12. The van der Waals surface area contributed by atoms with E-state index < -0.39 is 0 Å². The number of aromatic nitrogens is 3. The molecule has 1 atom stereocenters. The van der Waals surface area contributed by atoms with Crippen LogP contribution in [0.5, 0.6) is 0 Å². The first kappa shape index (κ1) is 16.5. The molecular weight excluding hydrogens is 326 g/mol. The Labute approximate surface area is 152 Å². The van der Waals surface area contributed by atoms with E-state index in [1.807, 2.05) is 47.4 Å². The smallest absolute Gasteiger partial charge is 0.254 e. The second-order valence-corrected chi connectivity index (χ2v) is 6.57. The monoisotopic (exact) mass is 347 g/mol. The van der Waals surface area contributed by atoms with Gasteiger partial charge in [-0.15, -0.1) is 0 Å². The van der Waals surface area contributed by atoms with E-state index in [0.29, 0.717) is 5.56 Å². The van der Waals surface area contributed by atoms with Crippen molar-refractivity contribution in [2.24, 2.45) is 0 Å². The molecule has 0 saturated carbocycles. The van der Waals surface area contributed by atoms with Gasteiger partial charge < -0.3 is 9.80 Å². The fourth-order valence-electron chi connectivity index (χ4n) is 3.39. The first-order valence-corrected chi connectivity index (χ1v) is 8.72. The van der Waals surface area contributed by atoms with Crippen molar-refractivity contribution in [3.05, 3.63) is 78.4 Å². The zero-order chi connectivity index (χ0) is 17.9. The van der Waals surface area contributed by atoms with E-state index >= 15 is 0 Å². The predicted octanol–water partition coefficient (Wildman–Crippen LogP) is 2.40. The number of rotatable bonds is 3. The number of amides is 1. The van der Waals surface area contributed by atoms with Gasteiger partial charge in [0, 0.05) is 25.2 Å². The minimum atomic E-state index is 0.0668. The van der Waals surface area contributed by atoms with Gasteiger partial charge in [-0.1, -0.05) is 30.3 Å². The zero-order valence-electron chi connectivity index (χ0n) is 14.7. The lowest BCUT2D eigenvalue weighted by molar-refractivity contribution is 0.0498. The minimum Gasteiger partial charge on any atom is -0.329 e. The van der Waals surface area contributed by atoms with Crippen LogP contribution >= 0.6 is 0 Å². The van der Waals surface area contributed by atoms with E-state index in [-0.39, 0.29) is 11.9 Å². The molecule has 1 saturated heterocycles. The van der Waals surface area contributed by atoms with Crippen LogP contribution in [0.1, 0.15) is 22.0 Å². The van der Waals surface area contributed by atoms with Crippen LogP contribution in [0.2, 0.25) is 0 Å². The van der Waals surface area contributed by atoms with E-state index in [2.05, 4.69) is 34.2 Å². The van der Waals surface area contributed by atoms with Crippen molar-refractivity contribution < 1.29 is 4.79 Å². The SMILES string of the molecule is CN1CCN(C(=O)c2ccc(-n3cncn3)cc2)[C@@H](c2ccccc2)C1. The molecule has 4 rings (SSSR count). The van der Waals surface area contributed by atoms with Crippen LogP contribution in [0.15, 0.2) is 67.3 Å². The number of likely N-dealkylation sites (N-methyl/N-ethyl adjacent to an activating group) is 1. The fraction of sp³-hybridized carbons (Fsp3) is 0.250. The summed E-state index contributed by atoms with van der Waals surface area (Å²) >= 11 is 0. The standard InChI is InChI=1S/C20H21N5O/c1-23-11-12-24(19(13-23)16-5-3-2-4-6-16)20(26)17-7-9-18(10-8-17)25-15-21-14-22-25/h2-10,14-15,19H,11-13H2,1H3/t19-/m1/s1. The Morgan fingerprint density at radius 1 is 1.04 bits per heavy atom. The van der Waals surface area contributed by atoms with Crippen molar-refractivity contribution in [2.75, 3.05) is 26.7 Å². The van der Waals surface area contributed by atoms with Gasteiger partial charge in [-0.25, -0.2) is 9.67 Å². The zero-order valence-corrected chi connectivity index (χ0v) is 14.7. The summed E-state index contributed by atoms with van der Waals surface area (Å²) in [6, 6.07) is 17.8. The number of benzene rings is 2.